The lowest BCUT2D eigenvalue weighted by Gasteiger charge is -2.41. The van der Waals surface area contributed by atoms with Gasteiger partial charge in [0.15, 0.2) is 0 Å². The summed E-state index contributed by atoms with van der Waals surface area (Å²) in [4.78, 5) is 23.6. The fraction of sp³-hybridized carbons (Fsp3) is 0.548. The molecule has 0 saturated carbocycles. The molecule has 1 aliphatic rings. The molecule has 0 spiro atoms. The van der Waals surface area contributed by atoms with Gasteiger partial charge in [-0.15, -0.1) is 0 Å². The molecular formula is C31H40F6N2O6. The van der Waals surface area contributed by atoms with Crippen molar-refractivity contribution >= 4 is 11.9 Å². The minimum absolute atomic E-state index is 0.523. The Kier molecular flexibility index (Phi) is 14.0. The Hall–Kier alpha value is -3.52. The first-order valence-corrected chi connectivity index (χ1v) is 14.2. The van der Waals surface area contributed by atoms with Crippen molar-refractivity contribution in [2.24, 2.45) is 5.41 Å². The lowest BCUT2D eigenvalue weighted by Crippen LogP contribution is -2.57. The van der Waals surface area contributed by atoms with Crippen LogP contribution < -0.4 is 14.8 Å². The fourth-order valence-corrected chi connectivity index (χ4v) is 4.92. The van der Waals surface area contributed by atoms with E-state index >= 15 is 0 Å². The minimum Gasteiger partial charge on any atom is -0.496 e. The van der Waals surface area contributed by atoms with Gasteiger partial charge in [0.2, 0.25) is 5.91 Å². The number of amides is 1. The first-order valence-electron chi connectivity index (χ1n) is 14.2. The average molecular weight is 651 g/mol. The van der Waals surface area contributed by atoms with Gasteiger partial charge in [-0.05, 0) is 63.0 Å². The van der Waals surface area contributed by atoms with Crippen molar-refractivity contribution in [3.05, 3.63) is 58.7 Å². The van der Waals surface area contributed by atoms with Crippen molar-refractivity contribution in [1.29, 1.82) is 0 Å². The molecular weight excluding hydrogens is 610 g/mol. The number of nitrogens with one attached hydrogen (secondary N) is 1. The number of esters is 1. The van der Waals surface area contributed by atoms with Crippen LogP contribution in [0.2, 0.25) is 0 Å². The van der Waals surface area contributed by atoms with E-state index in [-0.39, 0.29) is 0 Å². The van der Waals surface area contributed by atoms with Gasteiger partial charge < -0.3 is 24.3 Å². The van der Waals surface area contributed by atoms with Crippen LogP contribution >= 0.6 is 0 Å². The standard InChI is InChI=1S/C19H24O3.C12H16F6N2O3/c1-5-22-13-16-11-18(20-3)17(19(12-16)21-4)10-15-8-6-7-14(2)9-15;1-23-8(21)6-19-9(22)10(12(16,17)18)2-4-20(5-3-10)7-11(13,14)15/h6-9,11-12H,5,10,13H2,1-4H3;2-7H2,1H3,(H,19,22). The molecule has 1 fully saturated rings. The second kappa shape index (κ2) is 16.7. The Morgan fingerprint density at radius 2 is 1.53 bits per heavy atom. The minimum atomic E-state index is -4.93. The summed E-state index contributed by atoms with van der Waals surface area (Å²) in [5.41, 5.74) is 1.82. The first kappa shape index (κ1) is 37.7. The van der Waals surface area contributed by atoms with Crippen molar-refractivity contribution in [3.63, 3.8) is 0 Å². The summed E-state index contributed by atoms with van der Waals surface area (Å²) in [6.45, 7) is 2.23. The van der Waals surface area contributed by atoms with Gasteiger partial charge in [-0.3, -0.25) is 14.5 Å². The Labute approximate surface area is 259 Å². The zero-order valence-corrected chi connectivity index (χ0v) is 26.0. The maximum atomic E-state index is 13.3. The van der Waals surface area contributed by atoms with Gasteiger partial charge in [-0.2, -0.15) is 26.3 Å². The van der Waals surface area contributed by atoms with Crippen LogP contribution in [0.1, 0.15) is 42.0 Å². The number of methoxy groups -OCH3 is 3. The van der Waals surface area contributed by atoms with Crippen LogP contribution in [0.25, 0.3) is 0 Å². The van der Waals surface area contributed by atoms with Gasteiger partial charge in [-0.1, -0.05) is 29.8 Å². The highest BCUT2D eigenvalue weighted by atomic mass is 19.4. The molecule has 0 unspecified atom stereocenters. The van der Waals surface area contributed by atoms with Crippen LogP contribution in [0.3, 0.4) is 0 Å². The fourth-order valence-electron chi connectivity index (χ4n) is 4.92. The van der Waals surface area contributed by atoms with E-state index in [0.717, 1.165) is 41.1 Å². The van der Waals surface area contributed by atoms with E-state index in [1.54, 1.807) is 14.2 Å². The lowest BCUT2D eigenvalue weighted by atomic mass is 9.76. The normalized spacial score (nSPS) is 15.0. The number of benzene rings is 2. The smallest absolute Gasteiger partial charge is 0.403 e. The molecule has 0 aromatic heterocycles. The number of carbonyl (C=O) groups is 2. The molecule has 1 amide bonds. The van der Waals surface area contributed by atoms with E-state index in [1.165, 1.54) is 11.1 Å². The average Bonchev–Trinajstić information content (AvgIpc) is 2.98. The van der Waals surface area contributed by atoms with Gasteiger partial charge in [-0.25, -0.2) is 0 Å². The van der Waals surface area contributed by atoms with E-state index in [4.69, 9.17) is 14.2 Å². The molecule has 8 nitrogen and oxygen atoms in total. The number of carbonyl (C=O) groups excluding carboxylic acids is 2. The molecule has 14 heteroatoms. The molecule has 2 aromatic rings. The number of nitrogens with zero attached hydrogens (tertiary/aromatic N) is 1. The van der Waals surface area contributed by atoms with Gasteiger partial charge in [0.1, 0.15) is 23.5 Å². The Morgan fingerprint density at radius 3 is 2.00 bits per heavy atom. The molecule has 1 heterocycles. The number of halogens is 6. The summed E-state index contributed by atoms with van der Waals surface area (Å²) >= 11 is 0. The number of piperidine rings is 1. The third kappa shape index (κ3) is 11.1. The van der Waals surface area contributed by atoms with Gasteiger partial charge in [0.05, 0.1) is 34.5 Å². The maximum Gasteiger partial charge on any atom is 0.403 e. The van der Waals surface area contributed by atoms with Crippen molar-refractivity contribution in [2.75, 3.05) is 54.1 Å². The van der Waals surface area contributed by atoms with Crippen LogP contribution in [0, 0.1) is 12.3 Å². The molecule has 45 heavy (non-hydrogen) atoms. The third-order valence-electron chi connectivity index (χ3n) is 7.31. The highest BCUT2D eigenvalue weighted by molar-refractivity contribution is 5.87. The summed E-state index contributed by atoms with van der Waals surface area (Å²) < 4.78 is 97.6. The van der Waals surface area contributed by atoms with Crippen LogP contribution in [0.15, 0.2) is 36.4 Å². The summed E-state index contributed by atoms with van der Waals surface area (Å²) in [5, 5.41) is 1.84. The van der Waals surface area contributed by atoms with E-state index in [9.17, 15) is 35.9 Å². The molecule has 2 aromatic carbocycles. The molecule has 1 saturated heterocycles. The predicted molar refractivity (Wildman–Crippen MR) is 154 cm³/mol. The first-order chi connectivity index (χ1) is 21.1. The van der Waals surface area contributed by atoms with E-state index in [2.05, 4.69) is 35.9 Å². The predicted octanol–water partition coefficient (Wildman–Crippen LogP) is 5.62. The van der Waals surface area contributed by atoms with Gasteiger partial charge in [0, 0.05) is 18.6 Å². The number of alkyl halides is 6. The lowest BCUT2D eigenvalue weighted by molar-refractivity contribution is -0.236. The third-order valence-corrected chi connectivity index (χ3v) is 7.31. The zero-order valence-electron chi connectivity index (χ0n) is 26.0. The number of aryl methyl sites for hydroxylation is 1. The second-order valence-corrected chi connectivity index (χ2v) is 10.5. The van der Waals surface area contributed by atoms with Crippen LogP contribution in [-0.2, 0) is 32.1 Å². The summed E-state index contributed by atoms with van der Waals surface area (Å²) in [7, 11) is 4.39. The molecule has 1 aliphatic heterocycles. The molecule has 0 aliphatic carbocycles. The second-order valence-electron chi connectivity index (χ2n) is 10.5. The van der Waals surface area contributed by atoms with Gasteiger partial charge >= 0.3 is 18.3 Å². The SMILES string of the molecule is CCOCc1cc(OC)c(Cc2cccc(C)c2)c(OC)c1.COC(=O)CNC(=O)C1(C(F)(F)F)CCN(CC(F)(F)F)CC1. The Bertz CT molecular complexity index is 1230. The van der Waals surface area contributed by atoms with Gasteiger partial charge in [0.25, 0.3) is 0 Å². The molecule has 0 atom stereocenters. The molecule has 1 N–H and O–H groups in total. The number of ether oxygens (including phenoxy) is 4. The zero-order chi connectivity index (χ0) is 33.8. The summed E-state index contributed by atoms with van der Waals surface area (Å²) in [6, 6.07) is 12.6. The van der Waals surface area contributed by atoms with E-state index in [0.29, 0.717) is 13.2 Å². The van der Waals surface area contributed by atoms with Crippen molar-refractivity contribution in [2.45, 2.75) is 52.1 Å². The van der Waals surface area contributed by atoms with Crippen molar-refractivity contribution in [3.8, 4) is 11.5 Å². The highest BCUT2D eigenvalue weighted by Crippen LogP contribution is 2.46. The summed E-state index contributed by atoms with van der Waals surface area (Å²) in [5.74, 6) is -0.668. The van der Waals surface area contributed by atoms with Crippen molar-refractivity contribution < 1.29 is 54.9 Å². The topological polar surface area (TPSA) is 86.3 Å². The Balaban J connectivity index is 0.000000314. The monoisotopic (exact) mass is 650 g/mol. The van der Waals surface area contributed by atoms with Crippen molar-refractivity contribution in [1.82, 2.24) is 10.2 Å². The quantitative estimate of drug-likeness (QED) is 0.250. The number of rotatable bonds is 11. The van der Waals surface area contributed by atoms with E-state index < -0.39 is 68.7 Å². The largest absolute Gasteiger partial charge is 0.496 e. The number of hydrogen-bond acceptors (Lipinski definition) is 7. The Morgan fingerprint density at radius 1 is 0.933 bits per heavy atom. The summed E-state index contributed by atoms with van der Waals surface area (Å²) in [6.07, 6.45) is -10.3. The van der Waals surface area contributed by atoms with E-state index in [1.807, 2.05) is 24.4 Å². The number of likely N-dealkylation sites (tertiary alicyclic amines) is 1. The van der Waals surface area contributed by atoms with Crippen LogP contribution in [-0.4, -0.2) is 83.2 Å². The maximum absolute atomic E-state index is 13.3. The van der Waals surface area contributed by atoms with Crippen LogP contribution in [0.5, 0.6) is 11.5 Å². The molecule has 0 bridgehead atoms. The number of hydrogen-bond donors (Lipinski definition) is 1. The molecule has 252 valence electrons. The molecule has 3 rings (SSSR count). The highest BCUT2D eigenvalue weighted by Gasteiger charge is 2.61. The van der Waals surface area contributed by atoms with Crippen LogP contribution in [0.4, 0.5) is 26.3 Å². The molecule has 0 radical (unpaired) electrons.